The molecule has 0 spiro atoms. The van der Waals surface area contributed by atoms with Crippen molar-refractivity contribution in [3.05, 3.63) is 0 Å². The normalized spacial score (nSPS) is 45.9. The fourth-order valence-electron chi connectivity index (χ4n) is 6.98. The molecule has 4 atom stereocenters. The van der Waals surface area contributed by atoms with Gasteiger partial charge in [0.15, 0.2) is 0 Å². The third kappa shape index (κ3) is 2.46. The lowest BCUT2D eigenvalue weighted by atomic mass is 9.72. The SMILES string of the molecule is C1CCC(CC2C3CCCCC3C3CCCCC32)CC1. The minimum Gasteiger partial charge on any atom is -0.0533 e. The van der Waals surface area contributed by atoms with Crippen molar-refractivity contribution in [1.29, 1.82) is 0 Å². The molecule has 0 heteroatoms. The van der Waals surface area contributed by atoms with Crippen LogP contribution >= 0.6 is 0 Å². The highest BCUT2D eigenvalue weighted by atomic mass is 14.6. The minimum atomic E-state index is 1.12. The molecule has 0 bridgehead atoms. The quantitative estimate of drug-likeness (QED) is 0.562. The molecule has 0 radical (unpaired) electrons. The average Bonchev–Trinajstić information content (AvgIpc) is 2.84. The van der Waals surface area contributed by atoms with Crippen LogP contribution in [0.5, 0.6) is 0 Å². The predicted molar refractivity (Wildman–Crippen MR) is 85.6 cm³/mol. The Kier molecular flexibility index (Phi) is 4.10. The molecule has 4 aliphatic carbocycles. The van der Waals surface area contributed by atoms with Crippen LogP contribution in [0.15, 0.2) is 0 Å². The van der Waals surface area contributed by atoms with Crippen molar-refractivity contribution in [2.75, 3.05) is 0 Å². The second kappa shape index (κ2) is 6.01. The summed E-state index contributed by atoms with van der Waals surface area (Å²) in [6.07, 6.45) is 22.0. The molecule has 0 saturated heterocycles. The van der Waals surface area contributed by atoms with Crippen LogP contribution in [-0.2, 0) is 0 Å². The summed E-state index contributed by atoms with van der Waals surface area (Å²) < 4.78 is 0. The Labute approximate surface area is 126 Å². The number of hydrogen-bond acceptors (Lipinski definition) is 0. The summed E-state index contributed by atoms with van der Waals surface area (Å²) in [7, 11) is 0. The lowest BCUT2D eigenvalue weighted by Gasteiger charge is -2.34. The molecule has 4 aliphatic rings. The highest BCUT2D eigenvalue weighted by molar-refractivity contribution is 5.00. The standard InChI is InChI=1S/C20H34/c1-2-8-15(9-3-1)14-20-18-12-6-4-10-16(18)17-11-5-7-13-19(17)20/h15-20H,1-14H2. The van der Waals surface area contributed by atoms with Gasteiger partial charge in [-0.2, -0.15) is 0 Å². The van der Waals surface area contributed by atoms with E-state index in [0.29, 0.717) is 0 Å². The van der Waals surface area contributed by atoms with Gasteiger partial charge in [-0.3, -0.25) is 0 Å². The van der Waals surface area contributed by atoms with Gasteiger partial charge in [0, 0.05) is 0 Å². The van der Waals surface area contributed by atoms with Crippen LogP contribution in [0.1, 0.15) is 89.9 Å². The molecule has 20 heavy (non-hydrogen) atoms. The smallest absolute Gasteiger partial charge is 0.0349 e. The molecular formula is C20H34. The summed E-state index contributed by atoms with van der Waals surface area (Å²) in [6, 6.07) is 0. The lowest BCUT2D eigenvalue weighted by molar-refractivity contribution is 0.166. The largest absolute Gasteiger partial charge is 0.0533 e. The molecule has 0 nitrogen and oxygen atoms in total. The zero-order valence-corrected chi connectivity index (χ0v) is 13.4. The van der Waals surface area contributed by atoms with Gasteiger partial charge < -0.3 is 0 Å². The second-order valence-corrected chi connectivity index (χ2v) is 8.63. The van der Waals surface area contributed by atoms with Crippen LogP contribution in [0.25, 0.3) is 0 Å². The first-order valence-corrected chi connectivity index (χ1v) is 9.93. The van der Waals surface area contributed by atoms with E-state index in [9.17, 15) is 0 Å². The third-order valence-corrected chi connectivity index (χ3v) is 7.73. The first kappa shape index (κ1) is 13.6. The molecule has 4 saturated carbocycles. The summed E-state index contributed by atoms with van der Waals surface area (Å²) in [5.74, 6) is 6.95. The van der Waals surface area contributed by atoms with Gasteiger partial charge in [0.05, 0.1) is 0 Å². The molecule has 4 rings (SSSR count). The predicted octanol–water partition coefficient (Wildman–Crippen LogP) is 6.20. The summed E-state index contributed by atoms with van der Waals surface area (Å²) >= 11 is 0. The van der Waals surface area contributed by atoms with Crippen molar-refractivity contribution in [2.45, 2.75) is 89.9 Å². The van der Waals surface area contributed by atoms with Gasteiger partial charge in [0.2, 0.25) is 0 Å². The molecule has 4 fully saturated rings. The third-order valence-electron chi connectivity index (χ3n) is 7.73. The van der Waals surface area contributed by atoms with Crippen LogP contribution < -0.4 is 0 Å². The first-order valence-electron chi connectivity index (χ1n) is 9.93. The molecule has 0 heterocycles. The zero-order chi connectivity index (χ0) is 13.4. The summed E-state index contributed by atoms with van der Waals surface area (Å²) in [5, 5.41) is 0. The van der Waals surface area contributed by atoms with Crippen LogP contribution in [0.2, 0.25) is 0 Å². The molecule has 0 aromatic rings. The van der Waals surface area contributed by atoms with E-state index in [2.05, 4.69) is 0 Å². The van der Waals surface area contributed by atoms with Crippen molar-refractivity contribution in [3.63, 3.8) is 0 Å². The molecule has 0 amide bonds. The van der Waals surface area contributed by atoms with Crippen molar-refractivity contribution in [3.8, 4) is 0 Å². The second-order valence-electron chi connectivity index (χ2n) is 8.63. The summed E-state index contributed by atoms with van der Waals surface area (Å²) in [5.41, 5.74) is 0. The van der Waals surface area contributed by atoms with Crippen LogP contribution in [-0.4, -0.2) is 0 Å². The van der Waals surface area contributed by atoms with Crippen molar-refractivity contribution in [2.24, 2.45) is 35.5 Å². The van der Waals surface area contributed by atoms with E-state index in [1.807, 2.05) is 0 Å². The zero-order valence-electron chi connectivity index (χ0n) is 13.4. The molecule has 0 aliphatic heterocycles. The minimum absolute atomic E-state index is 1.12. The fraction of sp³-hybridized carbons (Fsp3) is 1.00. The van der Waals surface area contributed by atoms with Gasteiger partial charge in [-0.1, -0.05) is 57.8 Å². The van der Waals surface area contributed by atoms with E-state index in [-0.39, 0.29) is 0 Å². The van der Waals surface area contributed by atoms with E-state index in [4.69, 9.17) is 0 Å². The number of fused-ring (bicyclic) bond motifs is 3. The maximum atomic E-state index is 1.64. The van der Waals surface area contributed by atoms with Gasteiger partial charge >= 0.3 is 0 Å². The monoisotopic (exact) mass is 274 g/mol. The molecule has 114 valence electrons. The Bertz CT molecular complexity index is 292. The number of hydrogen-bond donors (Lipinski definition) is 0. The van der Waals surface area contributed by atoms with Crippen LogP contribution in [0.3, 0.4) is 0 Å². The van der Waals surface area contributed by atoms with Gasteiger partial charge in [-0.05, 0) is 67.6 Å². The van der Waals surface area contributed by atoms with E-state index < -0.39 is 0 Å². The Morgan fingerprint density at radius 2 is 0.900 bits per heavy atom. The summed E-state index contributed by atoms with van der Waals surface area (Å²) in [6.45, 7) is 0. The van der Waals surface area contributed by atoms with Gasteiger partial charge in [0.1, 0.15) is 0 Å². The first-order chi connectivity index (χ1) is 9.93. The maximum absolute atomic E-state index is 1.64. The Morgan fingerprint density at radius 3 is 1.45 bits per heavy atom. The number of rotatable bonds is 2. The van der Waals surface area contributed by atoms with Crippen molar-refractivity contribution >= 4 is 0 Å². The van der Waals surface area contributed by atoms with Crippen LogP contribution in [0.4, 0.5) is 0 Å². The highest BCUT2D eigenvalue weighted by Gasteiger charge is 2.50. The van der Waals surface area contributed by atoms with Gasteiger partial charge in [-0.15, -0.1) is 0 Å². The van der Waals surface area contributed by atoms with E-state index in [1.54, 1.807) is 83.5 Å². The van der Waals surface area contributed by atoms with Gasteiger partial charge in [-0.25, -0.2) is 0 Å². The Balaban J connectivity index is 1.49. The summed E-state index contributed by atoms with van der Waals surface area (Å²) in [4.78, 5) is 0. The molecular weight excluding hydrogens is 240 g/mol. The molecule has 4 unspecified atom stereocenters. The fourth-order valence-corrected chi connectivity index (χ4v) is 6.98. The average molecular weight is 274 g/mol. The van der Waals surface area contributed by atoms with Crippen LogP contribution in [0, 0.1) is 35.5 Å². The van der Waals surface area contributed by atoms with Crippen molar-refractivity contribution in [1.82, 2.24) is 0 Å². The van der Waals surface area contributed by atoms with E-state index in [0.717, 1.165) is 11.8 Å². The Hall–Kier alpha value is 0. The van der Waals surface area contributed by atoms with Crippen molar-refractivity contribution < 1.29 is 0 Å². The van der Waals surface area contributed by atoms with Gasteiger partial charge in [0.25, 0.3) is 0 Å². The highest BCUT2D eigenvalue weighted by Crippen LogP contribution is 2.59. The molecule has 0 N–H and O–H groups in total. The lowest BCUT2D eigenvalue weighted by Crippen LogP contribution is -2.24. The maximum Gasteiger partial charge on any atom is -0.0349 e. The van der Waals surface area contributed by atoms with E-state index in [1.165, 1.54) is 30.1 Å². The molecule has 0 aromatic carbocycles. The molecule has 0 aromatic heterocycles. The Morgan fingerprint density at radius 1 is 0.450 bits per heavy atom. The van der Waals surface area contributed by atoms with E-state index >= 15 is 0 Å². The topological polar surface area (TPSA) is 0 Å².